The molecule has 0 spiro atoms. The summed E-state index contributed by atoms with van der Waals surface area (Å²) in [6.45, 7) is 4.60. The molecule has 1 aromatic carbocycles. The van der Waals surface area contributed by atoms with Crippen molar-refractivity contribution >= 4 is 21.8 Å². The summed E-state index contributed by atoms with van der Waals surface area (Å²) < 4.78 is 28.1. The van der Waals surface area contributed by atoms with Crippen molar-refractivity contribution in [3.8, 4) is 0 Å². The molecule has 2 aliphatic heterocycles. The smallest absolute Gasteiger partial charge is 0.309 e. The highest BCUT2D eigenvalue weighted by Crippen LogP contribution is 2.28. The maximum absolute atomic E-state index is 12.7. The highest BCUT2D eigenvalue weighted by atomic mass is 35.5. The number of fused-ring (bicyclic) bond motifs is 1. The normalized spacial score (nSPS) is 19.2. The van der Waals surface area contributed by atoms with Crippen molar-refractivity contribution < 1.29 is 8.42 Å². The maximum atomic E-state index is 12.7. The second-order valence-corrected chi connectivity index (χ2v) is 7.37. The molecule has 0 amide bonds. The van der Waals surface area contributed by atoms with Crippen molar-refractivity contribution in [3.63, 3.8) is 0 Å². The molecule has 0 saturated carbocycles. The lowest BCUT2D eigenvalue weighted by molar-refractivity contribution is 0.358. The first-order chi connectivity index (χ1) is 9.89. The Kier molecular flexibility index (Phi) is 3.47. The molecule has 3 rings (SSSR count). The van der Waals surface area contributed by atoms with Crippen LogP contribution in [0, 0.1) is 0 Å². The molecule has 0 bridgehead atoms. The first-order valence-electron chi connectivity index (χ1n) is 6.56. The molecule has 1 aromatic rings. The van der Waals surface area contributed by atoms with Gasteiger partial charge in [0, 0.05) is 37.6 Å². The number of halogens is 1. The van der Waals surface area contributed by atoms with Crippen LogP contribution in [0.15, 0.2) is 43.0 Å². The average molecular weight is 326 g/mol. The van der Waals surface area contributed by atoms with Crippen molar-refractivity contribution in [1.29, 1.82) is 0 Å². The quantitative estimate of drug-likeness (QED) is 0.836. The van der Waals surface area contributed by atoms with Crippen LogP contribution in [0.4, 0.5) is 0 Å². The summed E-state index contributed by atoms with van der Waals surface area (Å²) in [4.78, 5) is 1.68. The highest BCUT2D eigenvalue weighted by Gasteiger charge is 2.34. The summed E-state index contributed by atoms with van der Waals surface area (Å²) in [5, 5.41) is 0.683. The van der Waals surface area contributed by atoms with Crippen LogP contribution in [-0.2, 0) is 23.2 Å². The third-order valence-electron chi connectivity index (χ3n) is 3.81. The Morgan fingerprint density at radius 2 is 2.00 bits per heavy atom. The van der Waals surface area contributed by atoms with Crippen molar-refractivity contribution in [2.75, 3.05) is 13.6 Å². The third-order valence-corrected chi connectivity index (χ3v) is 5.84. The van der Waals surface area contributed by atoms with Gasteiger partial charge in [-0.25, -0.2) is 4.31 Å². The standard InChI is InChI=1S/C14H16ClN3O2S/c1-11-16(2)7-8-18(11)21(19,20)17-6-5-12-9-14(15)4-3-13(12)10-17/h3-4,7-9H,1,5-6,10H2,2H3. The third kappa shape index (κ3) is 2.43. The average Bonchev–Trinajstić information content (AvgIpc) is 2.79. The fourth-order valence-corrected chi connectivity index (χ4v) is 4.19. The van der Waals surface area contributed by atoms with E-state index in [0.29, 0.717) is 30.4 Å². The Morgan fingerprint density at radius 1 is 1.24 bits per heavy atom. The molecule has 21 heavy (non-hydrogen) atoms. The van der Waals surface area contributed by atoms with Crippen LogP contribution < -0.4 is 0 Å². The van der Waals surface area contributed by atoms with Gasteiger partial charge in [0.1, 0.15) is 5.82 Å². The van der Waals surface area contributed by atoms with Gasteiger partial charge in [-0.2, -0.15) is 12.7 Å². The van der Waals surface area contributed by atoms with Gasteiger partial charge in [0.25, 0.3) is 0 Å². The molecule has 0 atom stereocenters. The molecule has 0 radical (unpaired) electrons. The van der Waals surface area contributed by atoms with Gasteiger partial charge in [-0.1, -0.05) is 24.2 Å². The minimum atomic E-state index is -3.59. The van der Waals surface area contributed by atoms with E-state index < -0.39 is 10.2 Å². The first-order valence-corrected chi connectivity index (χ1v) is 8.34. The van der Waals surface area contributed by atoms with Crippen LogP contribution in [0.3, 0.4) is 0 Å². The van der Waals surface area contributed by atoms with E-state index >= 15 is 0 Å². The van der Waals surface area contributed by atoms with E-state index in [1.165, 1.54) is 14.8 Å². The van der Waals surface area contributed by atoms with Crippen LogP contribution in [0.1, 0.15) is 11.1 Å². The lowest BCUT2D eigenvalue weighted by Gasteiger charge is -2.32. The zero-order valence-electron chi connectivity index (χ0n) is 11.7. The molecule has 0 saturated heterocycles. The molecule has 0 aromatic heterocycles. The van der Waals surface area contributed by atoms with Crippen LogP contribution in [-0.4, -0.2) is 35.5 Å². The van der Waals surface area contributed by atoms with Crippen molar-refractivity contribution in [3.05, 3.63) is 59.1 Å². The monoisotopic (exact) mass is 325 g/mol. The Bertz CT molecular complexity index is 730. The topological polar surface area (TPSA) is 43.9 Å². The molecule has 0 N–H and O–H groups in total. The summed E-state index contributed by atoms with van der Waals surface area (Å²) in [5.74, 6) is 0.428. The molecule has 2 aliphatic rings. The van der Waals surface area contributed by atoms with E-state index in [1.807, 2.05) is 12.1 Å². The number of benzene rings is 1. The Morgan fingerprint density at radius 3 is 2.67 bits per heavy atom. The molecule has 0 fully saturated rings. The first kappa shape index (κ1) is 14.4. The largest absolute Gasteiger partial charge is 0.336 e. The molecular formula is C14H16ClN3O2S. The molecular weight excluding hydrogens is 310 g/mol. The predicted molar refractivity (Wildman–Crippen MR) is 82.4 cm³/mol. The second kappa shape index (κ2) is 5.05. The van der Waals surface area contributed by atoms with Crippen molar-refractivity contribution in [2.24, 2.45) is 0 Å². The minimum Gasteiger partial charge on any atom is -0.336 e. The van der Waals surface area contributed by atoms with Gasteiger partial charge < -0.3 is 4.90 Å². The lowest BCUT2D eigenvalue weighted by atomic mass is 10.0. The summed E-state index contributed by atoms with van der Waals surface area (Å²) in [6.07, 6.45) is 3.86. The minimum absolute atomic E-state index is 0.357. The maximum Gasteiger partial charge on any atom is 0.309 e. The number of hydrogen-bond acceptors (Lipinski definition) is 3. The summed E-state index contributed by atoms with van der Waals surface area (Å²) in [5.41, 5.74) is 2.11. The fraction of sp³-hybridized carbons (Fsp3) is 0.286. The van der Waals surface area contributed by atoms with Crippen molar-refractivity contribution in [1.82, 2.24) is 13.5 Å². The van der Waals surface area contributed by atoms with E-state index in [0.717, 1.165) is 11.1 Å². The van der Waals surface area contributed by atoms with E-state index in [9.17, 15) is 8.42 Å². The molecule has 0 aliphatic carbocycles. The molecule has 5 nitrogen and oxygen atoms in total. The van der Waals surface area contributed by atoms with Gasteiger partial charge in [-0.15, -0.1) is 0 Å². The number of rotatable bonds is 2. The van der Waals surface area contributed by atoms with E-state index in [1.54, 1.807) is 24.2 Å². The predicted octanol–water partition coefficient (Wildman–Crippen LogP) is 2.13. The van der Waals surface area contributed by atoms with Gasteiger partial charge in [0.2, 0.25) is 0 Å². The summed E-state index contributed by atoms with van der Waals surface area (Å²) in [7, 11) is -1.83. The molecule has 0 unspecified atom stereocenters. The summed E-state index contributed by atoms with van der Waals surface area (Å²) in [6, 6.07) is 5.59. The van der Waals surface area contributed by atoms with Crippen LogP contribution in [0.25, 0.3) is 0 Å². The van der Waals surface area contributed by atoms with Crippen LogP contribution in [0.5, 0.6) is 0 Å². The number of hydrogen-bond donors (Lipinski definition) is 0. The zero-order chi connectivity index (χ0) is 15.2. The van der Waals surface area contributed by atoms with E-state index in [4.69, 9.17) is 11.6 Å². The van der Waals surface area contributed by atoms with E-state index in [-0.39, 0.29) is 0 Å². The molecule has 2 heterocycles. The molecule has 112 valence electrons. The number of nitrogens with zero attached hydrogens (tertiary/aromatic N) is 3. The highest BCUT2D eigenvalue weighted by molar-refractivity contribution is 7.87. The van der Waals surface area contributed by atoms with Gasteiger partial charge in [-0.3, -0.25) is 0 Å². The second-order valence-electron chi connectivity index (χ2n) is 5.13. The fourth-order valence-electron chi connectivity index (χ4n) is 2.52. The Hall–Kier alpha value is -1.50. The zero-order valence-corrected chi connectivity index (χ0v) is 13.2. The van der Waals surface area contributed by atoms with E-state index in [2.05, 4.69) is 6.58 Å². The SMILES string of the molecule is C=C1N(C)C=CN1S(=O)(=O)N1CCc2cc(Cl)ccc2C1. The van der Waals surface area contributed by atoms with Gasteiger partial charge >= 0.3 is 10.2 Å². The van der Waals surface area contributed by atoms with Gasteiger partial charge in [0.05, 0.1) is 0 Å². The van der Waals surface area contributed by atoms with Gasteiger partial charge in [0.15, 0.2) is 0 Å². The lowest BCUT2D eigenvalue weighted by Crippen LogP contribution is -2.43. The van der Waals surface area contributed by atoms with Crippen molar-refractivity contribution in [2.45, 2.75) is 13.0 Å². The van der Waals surface area contributed by atoms with Crippen LogP contribution >= 0.6 is 11.6 Å². The molecule has 7 heteroatoms. The Labute approximate surface area is 129 Å². The Balaban J connectivity index is 1.87. The van der Waals surface area contributed by atoms with Crippen LogP contribution in [0.2, 0.25) is 5.02 Å². The van der Waals surface area contributed by atoms with Gasteiger partial charge in [-0.05, 0) is 29.7 Å². The summed E-state index contributed by atoms with van der Waals surface area (Å²) >= 11 is 5.98.